The molecule has 1 aromatic heterocycles. The second kappa shape index (κ2) is 5.92. The first-order chi connectivity index (χ1) is 11.0. The van der Waals surface area contributed by atoms with Crippen LogP contribution in [0.4, 0.5) is 5.69 Å². The van der Waals surface area contributed by atoms with Crippen LogP contribution in [-0.4, -0.2) is 34.5 Å². The maximum atomic E-state index is 10.0. The molecular weight excluding hydrogens is 294 g/mol. The molecule has 118 valence electrons. The van der Waals surface area contributed by atoms with E-state index >= 15 is 0 Å². The van der Waals surface area contributed by atoms with E-state index in [2.05, 4.69) is 10.2 Å². The number of nitrogens with one attached hydrogen (secondary N) is 1. The van der Waals surface area contributed by atoms with Gasteiger partial charge in [0, 0.05) is 37.5 Å². The molecule has 1 heterocycles. The van der Waals surface area contributed by atoms with Crippen molar-refractivity contribution in [2.24, 2.45) is 0 Å². The Kier molecular flexibility index (Phi) is 3.80. The Morgan fingerprint density at radius 2 is 1.91 bits per heavy atom. The lowest BCUT2D eigenvalue weighted by molar-refractivity contribution is 0.450. The third kappa shape index (κ3) is 3.06. The largest absolute Gasteiger partial charge is 0.508 e. The molecular formula is C17H17N3O3. The lowest BCUT2D eigenvalue weighted by atomic mass is 10.1. The van der Waals surface area contributed by atoms with Gasteiger partial charge in [0.1, 0.15) is 22.9 Å². The molecule has 0 aliphatic rings. The zero-order chi connectivity index (χ0) is 16.4. The van der Waals surface area contributed by atoms with Crippen LogP contribution in [0.1, 0.15) is 0 Å². The molecule has 23 heavy (non-hydrogen) atoms. The number of aromatic nitrogens is 2. The predicted octanol–water partition coefficient (Wildman–Crippen LogP) is 3.35. The third-order valence-corrected chi connectivity index (χ3v) is 3.42. The fourth-order valence-corrected chi connectivity index (χ4v) is 2.23. The van der Waals surface area contributed by atoms with E-state index in [1.165, 1.54) is 12.1 Å². The molecule has 0 amide bonds. The van der Waals surface area contributed by atoms with E-state index < -0.39 is 0 Å². The number of rotatable bonds is 4. The molecule has 0 atom stereocenters. The molecule has 6 heteroatoms. The van der Waals surface area contributed by atoms with Gasteiger partial charge in [-0.15, -0.1) is 0 Å². The number of phenols is 2. The summed E-state index contributed by atoms with van der Waals surface area (Å²) in [5, 5.41) is 26.2. The Hall–Kier alpha value is -3.15. The number of ether oxygens (including phenoxy) is 1. The van der Waals surface area contributed by atoms with Crippen LogP contribution >= 0.6 is 0 Å². The minimum atomic E-state index is -0.0545. The van der Waals surface area contributed by atoms with E-state index in [9.17, 15) is 10.2 Å². The first kappa shape index (κ1) is 14.8. The van der Waals surface area contributed by atoms with Crippen LogP contribution in [0.25, 0.3) is 11.3 Å². The molecule has 0 spiro atoms. The molecule has 3 N–H and O–H groups in total. The van der Waals surface area contributed by atoms with Gasteiger partial charge in [-0.05, 0) is 24.3 Å². The van der Waals surface area contributed by atoms with Crippen LogP contribution in [0.3, 0.4) is 0 Å². The van der Waals surface area contributed by atoms with Gasteiger partial charge in [-0.25, -0.2) is 0 Å². The molecule has 0 unspecified atom stereocenters. The highest BCUT2D eigenvalue weighted by molar-refractivity contribution is 5.73. The van der Waals surface area contributed by atoms with Gasteiger partial charge in [0.05, 0.1) is 6.20 Å². The third-order valence-electron chi connectivity index (χ3n) is 3.42. The fourth-order valence-electron chi connectivity index (χ4n) is 2.23. The summed E-state index contributed by atoms with van der Waals surface area (Å²) in [6.45, 7) is 0. The first-order valence-corrected chi connectivity index (χ1v) is 7.05. The topological polar surface area (TPSA) is 81.6 Å². The van der Waals surface area contributed by atoms with Crippen LogP contribution in [0.2, 0.25) is 0 Å². The summed E-state index contributed by atoms with van der Waals surface area (Å²) < 4.78 is 5.89. The standard InChI is InChI=1S/C17H17N3O3/c1-20(2)11-4-3-5-13(8-11)23-16-10-18-19-17(16)14-7-6-12(21)9-15(14)22/h3-10,21-22H,1-2H3,(H,18,19). The van der Waals surface area contributed by atoms with Gasteiger partial charge in [-0.3, -0.25) is 5.10 Å². The normalized spacial score (nSPS) is 10.5. The van der Waals surface area contributed by atoms with E-state index in [1.54, 1.807) is 12.3 Å². The van der Waals surface area contributed by atoms with Gasteiger partial charge in [0.15, 0.2) is 5.75 Å². The highest BCUT2D eigenvalue weighted by Crippen LogP contribution is 2.38. The molecule has 0 radical (unpaired) electrons. The van der Waals surface area contributed by atoms with Gasteiger partial charge in [0.2, 0.25) is 0 Å². The zero-order valence-electron chi connectivity index (χ0n) is 12.8. The summed E-state index contributed by atoms with van der Waals surface area (Å²) in [7, 11) is 3.91. The Balaban J connectivity index is 1.94. The average molecular weight is 311 g/mol. The molecule has 0 bridgehead atoms. The van der Waals surface area contributed by atoms with E-state index in [1.807, 2.05) is 43.3 Å². The maximum absolute atomic E-state index is 10.0. The summed E-state index contributed by atoms with van der Waals surface area (Å²) in [4.78, 5) is 1.98. The van der Waals surface area contributed by atoms with Crippen LogP contribution in [0.5, 0.6) is 23.0 Å². The summed E-state index contributed by atoms with van der Waals surface area (Å²) in [6, 6.07) is 12.0. The Bertz CT molecular complexity index is 827. The van der Waals surface area contributed by atoms with Gasteiger partial charge in [-0.2, -0.15) is 5.10 Å². The molecule has 0 aliphatic heterocycles. The Labute approximate surface area is 133 Å². The fraction of sp³-hybridized carbons (Fsp3) is 0.118. The lowest BCUT2D eigenvalue weighted by Gasteiger charge is -2.14. The van der Waals surface area contributed by atoms with Crippen molar-refractivity contribution in [3.8, 4) is 34.3 Å². The minimum Gasteiger partial charge on any atom is -0.508 e. The predicted molar refractivity (Wildman–Crippen MR) is 88.2 cm³/mol. The number of H-pyrrole nitrogens is 1. The number of benzene rings is 2. The molecule has 0 aliphatic carbocycles. The monoisotopic (exact) mass is 311 g/mol. The van der Waals surface area contributed by atoms with Gasteiger partial charge in [-0.1, -0.05) is 6.07 Å². The number of phenolic OH excluding ortho intramolecular Hbond substituents is 2. The van der Waals surface area contributed by atoms with Gasteiger partial charge >= 0.3 is 0 Å². The molecule has 2 aromatic carbocycles. The maximum Gasteiger partial charge on any atom is 0.173 e. The van der Waals surface area contributed by atoms with Crippen molar-refractivity contribution < 1.29 is 14.9 Å². The molecule has 3 rings (SSSR count). The van der Waals surface area contributed by atoms with Crippen molar-refractivity contribution in [3.05, 3.63) is 48.7 Å². The summed E-state index contributed by atoms with van der Waals surface area (Å²) in [5.41, 5.74) is 2.05. The van der Waals surface area contributed by atoms with Crippen molar-refractivity contribution in [1.29, 1.82) is 0 Å². The van der Waals surface area contributed by atoms with E-state index in [4.69, 9.17) is 4.74 Å². The minimum absolute atomic E-state index is 0.00748. The smallest absolute Gasteiger partial charge is 0.173 e. The van der Waals surface area contributed by atoms with E-state index in [-0.39, 0.29) is 11.5 Å². The molecule has 6 nitrogen and oxygen atoms in total. The number of aromatic amines is 1. The van der Waals surface area contributed by atoms with Crippen molar-refractivity contribution in [2.45, 2.75) is 0 Å². The van der Waals surface area contributed by atoms with Crippen LogP contribution in [-0.2, 0) is 0 Å². The van der Waals surface area contributed by atoms with Gasteiger partial charge in [0.25, 0.3) is 0 Å². The SMILES string of the molecule is CN(C)c1cccc(Oc2cn[nH]c2-c2ccc(O)cc2O)c1. The van der Waals surface area contributed by atoms with Crippen molar-refractivity contribution in [1.82, 2.24) is 10.2 Å². The molecule has 0 fully saturated rings. The lowest BCUT2D eigenvalue weighted by Crippen LogP contribution is -2.08. The number of nitrogens with zero attached hydrogens (tertiary/aromatic N) is 2. The Morgan fingerprint density at radius 1 is 1.09 bits per heavy atom. The van der Waals surface area contributed by atoms with Crippen LogP contribution in [0.15, 0.2) is 48.7 Å². The van der Waals surface area contributed by atoms with E-state index in [0.29, 0.717) is 22.8 Å². The zero-order valence-corrected chi connectivity index (χ0v) is 12.8. The van der Waals surface area contributed by atoms with Crippen LogP contribution in [0, 0.1) is 0 Å². The summed E-state index contributed by atoms with van der Waals surface area (Å²) in [6.07, 6.45) is 1.55. The highest BCUT2D eigenvalue weighted by atomic mass is 16.5. The van der Waals surface area contributed by atoms with Crippen LogP contribution < -0.4 is 9.64 Å². The summed E-state index contributed by atoms with van der Waals surface area (Å²) in [5.74, 6) is 1.09. The molecule has 3 aromatic rings. The number of hydrogen-bond donors (Lipinski definition) is 3. The number of hydrogen-bond acceptors (Lipinski definition) is 5. The van der Waals surface area contributed by atoms with Crippen molar-refractivity contribution in [2.75, 3.05) is 19.0 Å². The van der Waals surface area contributed by atoms with Crippen molar-refractivity contribution in [3.63, 3.8) is 0 Å². The Morgan fingerprint density at radius 3 is 2.65 bits per heavy atom. The highest BCUT2D eigenvalue weighted by Gasteiger charge is 2.14. The second-order valence-corrected chi connectivity index (χ2v) is 5.30. The summed E-state index contributed by atoms with van der Waals surface area (Å²) >= 11 is 0. The van der Waals surface area contributed by atoms with Gasteiger partial charge < -0.3 is 19.8 Å². The van der Waals surface area contributed by atoms with Crippen molar-refractivity contribution >= 4 is 5.69 Å². The number of aromatic hydroxyl groups is 2. The number of anilines is 1. The molecule has 0 saturated heterocycles. The second-order valence-electron chi connectivity index (χ2n) is 5.30. The quantitative estimate of drug-likeness (QED) is 0.688. The average Bonchev–Trinajstić information content (AvgIpc) is 2.95. The first-order valence-electron chi connectivity index (χ1n) is 7.05. The van der Waals surface area contributed by atoms with E-state index in [0.717, 1.165) is 5.69 Å². The molecule has 0 saturated carbocycles.